The lowest BCUT2D eigenvalue weighted by Gasteiger charge is -2.48. The van der Waals surface area contributed by atoms with Crippen LogP contribution < -0.4 is 0 Å². The third kappa shape index (κ3) is 3.16. The topological polar surface area (TPSA) is 52.6 Å². The number of esters is 2. The highest BCUT2D eigenvalue weighted by atomic mass is 16.5. The second-order valence-corrected chi connectivity index (χ2v) is 10.4. The van der Waals surface area contributed by atoms with Crippen LogP contribution in [0.3, 0.4) is 0 Å². The molecule has 6 rings (SSSR count). The van der Waals surface area contributed by atoms with E-state index < -0.39 is 10.8 Å². The lowest BCUT2D eigenvalue weighted by molar-refractivity contribution is -0.143. The molecule has 0 bridgehead atoms. The first-order chi connectivity index (χ1) is 18.5. The minimum atomic E-state index is -0.737. The number of carbonyl (C=O) groups excluding carboxylic acids is 2. The van der Waals surface area contributed by atoms with Gasteiger partial charge in [-0.1, -0.05) is 104 Å². The van der Waals surface area contributed by atoms with Gasteiger partial charge in [-0.3, -0.25) is 9.59 Å². The van der Waals surface area contributed by atoms with Crippen LogP contribution in [0.5, 0.6) is 0 Å². The van der Waals surface area contributed by atoms with Crippen LogP contribution >= 0.6 is 0 Å². The molecule has 0 heterocycles. The average Bonchev–Trinajstić information content (AvgIpc) is 3.41. The molecule has 0 N–H and O–H groups in total. The van der Waals surface area contributed by atoms with Gasteiger partial charge in [-0.05, 0) is 50.4 Å². The highest BCUT2D eigenvalue weighted by Gasteiger charge is 2.59. The van der Waals surface area contributed by atoms with Crippen LogP contribution in [0.2, 0.25) is 0 Å². The van der Waals surface area contributed by atoms with Gasteiger partial charge in [-0.25, -0.2) is 0 Å². The number of carbonyl (C=O) groups is 2. The highest BCUT2D eigenvalue weighted by Crippen LogP contribution is 2.64. The van der Waals surface area contributed by atoms with Crippen molar-refractivity contribution in [1.82, 2.24) is 0 Å². The van der Waals surface area contributed by atoms with E-state index >= 15 is 0 Å². The van der Waals surface area contributed by atoms with Gasteiger partial charge >= 0.3 is 11.9 Å². The molecule has 0 fully saturated rings. The van der Waals surface area contributed by atoms with Crippen molar-refractivity contribution in [1.29, 1.82) is 0 Å². The van der Waals surface area contributed by atoms with Crippen LogP contribution in [-0.2, 0) is 29.9 Å². The molecule has 0 spiro atoms. The average molecular weight is 503 g/mol. The summed E-state index contributed by atoms with van der Waals surface area (Å²) in [4.78, 5) is 26.5. The van der Waals surface area contributed by atoms with E-state index in [-0.39, 0.29) is 30.7 Å². The third-order valence-electron chi connectivity index (χ3n) is 8.99. The predicted molar refractivity (Wildman–Crippen MR) is 148 cm³/mol. The molecule has 0 radical (unpaired) electrons. The molecule has 0 aromatic heterocycles. The first-order valence-electron chi connectivity index (χ1n) is 13.0. The number of benzene rings is 4. The van der Waals surface area contributed by atoms with Crippen molar-refractivity contribution in [2.24, 2.45) is 5.92 Å². The first-order valence-corrected chi connectivity index (χ1v) is 13.0. The summed E-state index contributed by atoms with van der Waals surface area (Å²) in [5, 5.41) is 0. The summed E-state index contributed by atoms with van der Waals surface area (Å²) in [6.07, 6.45) is 0.317. The number of hydrogen-bond donors (Lipinski definition) is 0. The van der Waals surface area contributed by atoms with Crippen LogP contribution in [0.15, 0.2) is 97.1 Å². The molecule has 4 nitrogen and oxygen atoms in total. The summed E-state index contributed by atoms with van der Waals surface area (Å²) in [7, 11) is 2.88. The first kappa shape index (κ1) is 24.2. The normalized spacial score (nSPS) is 15.3. The Labute approximate surface area is 223 Å². The largest absolute Gasteiger partial charge is 0.469 e. The molecule has 38 heavy (non-hydrogen) atoms. The number of rotatable bonds is 6. The second kappa shape index (κ2) is 8.98. The Hall–Kier alpha value is -4.18. The summed E-state index contributed by atoms with van der Waals surface area (Å²) < 4.78 is 10.6. The Morgan fingerprint density at radius 1 is 0.553 bits per heavy atom. The zero-order chi connectivity index (χ0) is 26.5. The maximum Gasteiger partial charge on any atom is 0.306 e. The lowest BCUT2D eigenvalue weighted by Crippen LogP contribution is -2.49. The van der Waals surface area contributed by atoms with Gasteiger partial charge in [-0.2, -0.15) is 0 Å². The molecular formula is C34H30O4. The van der Waals surface area contributed by atoms with E-state index in [9.17, 15) is 9.59 Å². The van der Waals surface area contributed by atoms with Gasteiger partial charge in [0.25, 0.3) is 0 Å². The zero-order valence-electron chi connectivity index (χ0n) is 21.9. The lowest BCUT2D eigenvalue weighted by atomic mass is 9.53. The Morgan fingerprint density at radius 3 is 1.08 bits per heavy atom. The molecule has 2 aliphatic rings. The molecule has 4 aromatic carbocycles. The monoisotopic (exact) mass is 502 g/mol. The van der Waals surface area contributed by atoms with Gasteiger partial charge in [0.15, 0.2) is 0 Å². The van der Waals surface area contributed by atoms with E-state index in [0.717, 1.165) is 44.5 Å². The maximum absolute atomic E-state index is 13.3. The number of ether oxygens (including phenoxy) is 2. The molecule has 4 aromatic rings. The van der Waals surface area contributed by atoms with Crippen LogP contribution in [0, 0.1) is 5.92 Å². The van der Waals surface area contributed by atoms with Crippen molar-refractivity contribution in [3.05, 3.63) is 119 Å². The van der Waals surface area contributed by atoms with Crippen molar-refractivity contribution in [2.75, 3.05) is 14.2 Å². The maximum atomic E-state index is 13.3. The molecule has 190 valence electrons. The van der Waals surface area contributed by atoms with E-state index in [1.807, 2.05) is 48.5 Å². The van der Waals surface area contributed by atoms with Gasteiger partial charge in [0.1, 0.15) is 0 Å². The summed E-state index contributed by atoms with van der Waals surface area (Å²) >= 11 is 0. The molecule has 4 heteroatoms. The Morgan fingerprint density at radius 2 is 0.816 bits per heavy atom. The standard InChI is InChI=1S/C34H30O4/c1-22(33(20-31(35)37-2)27-16-8-4-12-23(27)24-13-5-9-17-28(24)33)34(21-32(36)38-3)29-18-10-6-14-25(29)26-15-7-11-19-30(26)34/h4-19,22H,20-21H2,1-3H3. The predicted octanol–water partition coefficient (Wildman–Crippen LogP) is 6.68. The van der Waals surface area contributed by atoms with Crippen molar-refractivity contribution in [3.63, 3.8) is 0 Å². The van der Waals surface area contributed by atoms with Crippen molar-refractivity contribution in [2.45, 2.75) is 30.6 Å². The third-order valence-corrected chi connectivity index (χ3v) is 8.99. The number of methoxy groups -OCH3 is 2. The highest BCUT2D eigenvalue weighted by molar-refractivity contribution is 5.88. The van der Waals surface area contributed by atoms with E-state index in [1.54, 1.807) is 0 Å². The van der Waals surface area contributed by atoms with Crippen LogP contribution in [0.25, 0.3) is 22.3 Å². The molecule has 2 aliphatic carbocycles. The fraction of sp³-hybridized carbons (Fsp3) is 0.235. The van der Waals surface area contributed by atoms with Crippen molar-refractivity contribution in [3.8, 4) is 22.3 Å². The Balaban J connectivity index is 1.72. The van der Waals surface area contributed by atoms with Gasteiger partial charge in [-0.15, -0.1) is 0 Å². The van der Waals surface area contributed by atoms with E-state index in [0.29, 0.717) is 0 Å². The number of fused-ring (bicyclic) bond motifs is 6. The molecular weight excluding hydrogens is 472 g/mol. The quantitative estimate of drug-likeness (QED) is 0.276. The minimum absolute atomic E-state index is 0.159. The van der Waals surface area contributed by atoms with E-state index in [4.69, 9.17) is 9.47 Å². The summed E-state index contributed by atoms with van der Waals surface area (Å²) in [5.41, 5.74) is 7.35. The fourth-order valence-electron chi connectivity index (χ4n) is 7.36. The smallest absolute Gasteiger partial charge is 0.306 e. The molecule has 0 saturated heterocycles. The molecule has 0 unspecified atom stereocenters. The second-order valence-electron chi connectivity index (χ2n) is 10.4. The zero-order valence-corrected chi connectivity index (χ0v) is 21.9. The van der Waals surface area contributed by atoms with Crippen LogP contribution in [0.4, 0.5) is 0 Å². The summed E-state index contributed by atoms with van der Waals surface area (Å²) in [6, 6.07) is 33.3. The fourth-order valence-corrected chi connectivity index (χ4v) is 7.36. The van der Waals surface area contributed by atoms with Gasteiger partial charge < -0.3 is 9.47 Å². The van der Waals surface area contributed by atoms with Gasteiger partial charge in [0.2, 0.25) is 0 Å². The summed E-state index contributed by atoms with van der Waals surface area (Å²) in [6.45, 7) is 2.20. The summed E-state index contributed by atoms with van der Waals surface area (Å²) in [5.74, 6) is -0.782. The Bertz CT molecular complexity index is 1360. The van der Waals surface area contributed by atoms with Gasteiger partial charge in [0.05, 0.1) is 27.1 Å². The van der Waals surface area contributed by atoms with E-state index in [2.05, 4.69) is 55.5 Å². The molecule has 0 saturated carbocycles. The minimum Gasteiger partial charge on any atom is -0.469 e. The molecule has 0 atom stereocenters. The van der Waals surface area contributed by atoms with E-state index in [1.165, 1.54) is 14.2 Å². The van der Waals surface area contributed by atoms with Gasteiger partial charge in [0, 0.05) is 10.8 Å². The molecule has 0 amide bonds. The SMILES string of the molecule is COC(=O)CC1(C(C)C2(CC(=O)OC)c3ccccc3-c3ccccc32)c2ccccc2-c2ccccc21. The van der Waals surface area contributed by atoms with Crippen molar-refractivity contribution >= 4 is 11.9 Å². The molecule has 0 aliphatic heterocycles. The Kier molecular flexibility index (Phi) is 5.71. The van der Waals surface area contributed by atoms with Crippen LogP contribution in [-0.4, -0.2) is 26.2 Å². The van der Waals surface area contributed by atoms with Crippen molar-refractivity contribution < 1.29 is 19.1 Å². The number of hydrogen-bond acceptors (Lipinski definition) is 4. The van der Waals surface area contributed by atoms with Crippen LogP contribution in [0.1, 0.15) is 42.0 Å².